The van der Waals surface area contributed by atoms with Crippen LogP contribution in [0, 0.1) is 0 Å². The molecule has 0 bridgehead atoms. The summed E-state index contributed by atoms with van der Waals surface area (Å²) in [4.78, 5) is 0. The Morgan fingerprint density at radius 3 is 2.60 bits per heavy atom. The predicted octanol–water partition coefficient (Wildman–Crippen LogP) is 1.95. The molecule has 0 fully saturated rings. The molecule has 1 aromatic carbocycles. The Morgan fingerprint density at radius 1 is 1.35 bits per heavy atom. The van der Waals surface area contributed by atoms with Crippen molar-refractivity contribution in [1.29, 1.82) is 0 Å². The molecule has 6 heteroatoms. The Balaban J connectivity index is 2.66. The molecule has 0 aliphatic carbocycles. The van der Waals surface area contributed by atoms with Crippen LogP contribution >= 0.6 is 0 Å². The van der Waals surface area contributed by atoms with Gasteiger partial charge in [0, 0.05) is 17.4 Å². The maximum atomic E-state index is 11.4. The second-order valence-electron chi connectivity index (χ2n) is 4.52. The Hall–Kier alpha value is -1.27. The molecule has 0 saturated carbocycles. The zero-order valence-corrected chi connectivity index (χ0v) is 12.9. The number of ether oxygens (including phenoxy) is 2. The molecule has 0 amide bonds. The first kappa shape index (κ1) is 16.8. The van der Waals surface area contributed by atoms with Crippen LogP contribution in [0.2, 0.25) is 0 Å². The van der Waals surface area contributed by atoms with Crippen molar-refractivity contribution in [3.63, 3.8) is 0 Å². The van der Waals surface area contributed by atoms with Gasteiger partial charge in [0.2, 0.25) is 0 Å². The van der Waals surface area contributed by atoms with Gasteiger partial charge in [0.25, 0.3) is 0 Å². The maximum absolute atomic E-state index is 11.4. The summed E-state index contributed by atoms with van der Waals surface area (Å²) >= 11 is 0. The van der Waals surface area contributed by atoms with E-state index >= 15 is 0 Å². The Kier molecular flexibility index (Phi) is 6.29. The number of aliphatic hydroxyl groups is 1. The van der Waals surface area contributed by atoms with Crippen LogP contribution in [0.15, 0.2) is 18.2 Å². The Morgan fingerprint density at radius 2 is 2.05 bits per heavy atom. The highest BCUT2D eigenvalue weighted by molar-refractivity contribution is 7.91. The highest BCUT2D eigenvalue weighted by Gasteiger charge is 2.12. The van der Waals surface area contributed by atoms with E-state index in [1.165, 1.54) is 0 Å². The lowest BCUT2D eigenvalue weighted by Gasteiger charge is -2.14. The number of hydrogen-bond donors (Lipinski definition) is 1. The second kappa shape index (κ2) is 7.50. The van der Waals surface area contributed by atoms with E-state index in [0.29, 0.717) is 23.5 Å². The summed E-state index contributed by atoms with van der Waals surface area (Å²) in [6.45, 7) is 3.56. The second-order valence-corrected chi connectivity index (χ2v) is 6.99. The van der Waals surface area contributed by atoms with E-state index in [0.717, 1.165) is 0 Å². The van der Waals surface area contributed by atoms with Crippen LogP contribution in [0.1, 0.15) is 31.9 Å². The fraction of sp³-hybridized carbons (Fsp3) is 0.571. The van der Waals surface area contributed by atoms with Crippen LogP contribution in [-0.4, -0.2) is 38.7 Å². The van der Waals surface area contributed by atoms with E-state index in [1.54, 1.807) is 39.2 Å². The summed E-state index contributed by atoms with van der Waals surface area (Å²) in [5, 5.41) is 9.68. The minimum atomic E-state index is -2.97. The fourth-order valence-corrected chi connectivity index (χ4v) is 2.56. The van der Waals surface area contributed by atoms with Gasteiger partial charge in [0.05, 0.1) is 25.6 Å². The quantitative estimate of drug-likeness (QED) is 0.743. The third-order valence-electron chi connectivity index (χ3n) is 2.97. The molecule has 0 radical (unpaired) electrons. The van der Waals surface area contributed by atoms with E-state index in [-0.39, 0.29) is 18.1 Å². The average Bonchev–Trinajstić information content (AvgIpc) is 2.43. The third-order valence-corrected chi connectivity index (χ3v) is 4.76. The molecule has 1 rings (SSSR count). The monoisotopic (exact) mass is 302 g/mol. The molecule has 1 N–H and O–H groups in total. The molecule has 114 valence electrons. The van der Waals surface area contributed by atoms with Crippen molar-refractivity contribution in [3.05, 3.63) is 23.8 Å². The van der Waals surface area contributed by atoms with Crippen LogP contribution in [0.3, 0.4) is 0 Å². The molecule has 20 heavy (non-hydrogen) atoms. The van der Waals surface area contributed by atoms with Crippen LogP contribution < -0.4 is 9.47 Å². The molecule has 0 saturated heterocycles. The van der Waals surface area contributed by atoms with Gasteiger partial charge in [-0.25, -0.2) is 8.42 Å². The SMILES string of the molecule is CCS(=O)(=O)CCCOc1cc(OC)ccc1C(C)O. The minimum absolute atomic E-state index is 0.109. The zero-order valence-electron chi connectivity index (χ0n) is 12.1. The molecule has 0 aliphatic heterocycles. The molecule has 0 aromatic heterocycles. The summed E-state index contributed by atoms with van der Waals surface area (Å²) in [5.74, 6) is 1.40. The topological polar surface area (TPSA) is 72.8 Å². The van der Waals surface area contributed by atoms with Crippen molar-refractivity contribution in [1.82, 2.24) is 0 Å². The smallest absolute Gasteiger partial charge is 0.150 e. The summed E-state index contributed by atoms with van der Waals surface area (Å²) in [6.07, 6.45) is -0.234. The normalized spacial score (nSPS) is 13.0. The first-order valence-electron chi connectivity index (χ1n) is 6.59. The van der Waals surface area contributed by atoms with Crippen molar-refractivity contribution in [3.8, 4) is 11.5 Å². The first-order valence-corrected chi connectivity index (χ1v) is 8.41. The van der Waals surface area contributed by atoms with Crippen LogP contribution in [0.4, 0.5) is 0 Å². The van der Waals surface area contributed by atoms with E-state index in [1.807, 2.05) is 0 Å². The van der Waals surface area contributed by atoms with E-state index in [2.05, 4.69) is 0 Å². The minimum Gasteiger partial charge on any atom is -0.497 e. The fourth-order valence-electron chi connectivity index (χ4n) is 1.72. The zero-order chi connectivity index (χ0) is 15.2. The van der Waals surface area contributed by atoms with Gasteiger partial charge in [0.15, 0.2) is 0 Å². The summed E-state index contributed by atoms with van der Waals surface area (Å²) < 4.78 is 33.4. The van der Waals surface area contributed by atoms with Gasteiger partial charge in [0.1, 0.15) is 21.3 Å². The number of rotatable bonds is 8. The van der Waals surface area contributed by atoms with E-state index < -0.39 is 15.9 Å². The lowest BCUT2D eigenvalue weighted by Crippen LogP contribution is -2.12. The number of hydrogen-bond acceptors (Lipinski definition) is 5. The Bertz CT molecular complexity index is 522. The largest absolute Gasteiger partial charge is 0.497 e. The average molecular weight is 302 g/mol. The van der Waals surface area contributed by atoms with Gasteiger partial charge in [-0.05, 0) is 25.5 Å². The van der Waals surface area contributed by atoms with Crippen molar-refractivity contribution in [2.45, 2.75) is 26.4 Å². The lowest BCUT2D eigenvalue weighted by molar-refractivity contribution is 0.191. The molecule has 5 nitrogen and oxygen atoms in total. The number of aliphatic hydroxyl groups excluding tert-OH is 1. The molecular formula is C14H22O5S. The molecule has 1 unspecified atom stereocenters. The van der Waals surface area contributed by atoms with E-state index in [4.69, 9.17) is 9.47 Å². The molecule has 0 aliphatic rings. The molecule has 0 spiro atoms. The van der Waals surface area contributed by atoms with Crippen molar-refractivity contribution < 1.29 is 23.0 Å². The molecule has 0 heterocycles. The Labute approximate surface area is 120 Å². The first-order chi connectivity index (χ1) is 9.39. The summed E-state index contributed by atoms with van der Waals surface area (Å²) in [7, 11) is -1.42. The predicted molar refractivity (Wildman–Crippen MR) is 78.1 cm³/mol. The molecule has 1 aromatic rings. The van der Waals surface area contributed by atoms with Gasteiger partial charge in [-0.1, -0.05) is 6.92 Å². The van der Waals surface area contributed by atoms with Gasteiger partial charge < -0.3 is 14.6 Å². The summed E-state index contributed by atoms with van der Waals surface area (Å²) in [5.41, 5.74) is 0.657. The van der Waals surface area contributed by atoms with Gasteiger partial charge in [-0.15, -0.1) is 0 Å². The van der Waals surface area contributed by atoms with Gasteiger partial charge in [-0.2, -0.15) is 0 Å². The van der Waals surface area contributed by atoms with Gasteiger partial charge >= 0.3 is 0 Å². The number of benzene rings is 1. The van der Waals surface area contributed by atoms with Crippen LogP contribution in [-0.2, 0) is 9.84 Å². The standard InChI is InChI=1S/C14H22O5S/c1-4-20(16,17)9-5-8-19-14-10-12(18-3)6-7-13(14)11(2)15/h6-7,10-11,15H,4-5,8-9H2,1-3H3. The lowest BCUT2D eigenvalue weighted by atomic mass is 10.1. The van der Waals surface area contributed by atoms with Crippen molar-refractivity contribution >= 4 is 9.84 Å². The molecule has 1 atom stereocenters. The number of methoxy groups -OCH3 is 1. The third kappa shape index (κ3) is 5.02. The highest BCUT2D eigenvalue weighted by Crippen LogP contribution is 2.29. The van der Waals surface area contributed by atoms with Crippen molar-refractivity contribution in [2.24, 2.45) is 0 Å². The number of sulfone groups is 1. The van der Waals surface area contributed by atoms with E-state index in [9.17, 15) is 13.5 Å². The maximum Gasteiger partial charge on any atom is 0.150 e. The molecular weight excluding hydrogens is 280 g/mol. The highest BCUT2D eigenvalue weighted by atomic mass is 32.2. The summed E-state index contributed by atoms with van der Waals surface area (Å²) in [6, 6.07) is 5.18. The van der Waals surface area contributed by atoms with Crippen LogP contribution in [0.5, 0.6) is 11.5 Å². The van der Waals surface area contributed by atoms with Gasteiger partial charge in [-0.3, -0.25) is 0 Å². The van der Waals surface area contributed by atoms with Crippen LogP contribution in [0.25, 0.3) is 0 Å². The van der Waals surface area contributed by atoms with Crippen molar-refractivity contribution in [2.75, 3.05) is 25.2 Å².